The number of carbonyl (C=O) groups excluding carboxylic acids is 1. The number of urea groups is 1. The zero-order valence-electron chi connectivity index (χ0n) is 9.32. The first-order valence-corrected chi connectivity index (χ1v) is 6.60. The summed E-state index contributed by atoms with van der Waals surface area (Å²) in [7, 11) is 0. The number of rotatable bonds is 2. The molecule has 8 heteroatoms. The molecule has 0 spiro atoms. The molecule has 19 heavy (non-hydrogen) atoms. The van der Waals surface area contributed by atoms with Gasteiger partial charge in [0.2, 0.25) is 5.95 Å². The molecule has 0 atom stereocenters. The topological polar surface area (TPSA) is 66.9 Å². The lowest BCUT2D eigenvalue weighted by molar-refractivity contribution is 0.262. The third kappa shape index (κ3) is 4.05. The fourth-order valence-electron chi connectivity index (χ4n) is 1.23. The summed E-state index contributed by atoms with van der Waals surface area (Å²) in [4.78, 5) is 19.5. The number of benzene rings is 1. The monoisotopic (exact) mass is 360 g/mol. The van der Waals surface area contributed by atoms with E-state index in [0.29, 0.717) is 15.7 Å². The van der Waals surface area contributed by atoms with Crippen molar-refractivity contribution in [1.29, 1.82) is 0 Å². The molecule has 2 amide bonds. The predicted octanol–water partition coefficient (Wildman–Crippen LogP) is 4.19. The van der Waals surface area contributed by atoms with E-state index in [1.807, 2.05) is 0 Å². The summed E-state index contributed by atoms with van der Waals surface area (Å²) in [5, 5.41) is 5.88. The fourth-order valence-corrected chi connectivity index (χ4v) is 1.77. The fraction of sp³-hybridized carbons (Fsp3) is 0. The second-order valence-electron chi connectivity index (χ2n) is 3.43. The minimum atomic E-state index is -0.508. The third-order valence-electron chi connectivity index (χ3n) is 2.02. The second-order valence-corrected chi connectivity index (χ2v) is 5.19. The summed E-state index contributed by atoms with van der Waals surface area (Å²) in [6.45, 7) is 0. The van der Waals surface area contributed by atoms with E-state index < -0.39 is 6.03 Å². The molecule has 2 N–H and O–H groups in total. The lowest BCUT2D eigenvalue weighted by Gasteiger charge is -2.08. The molecule has 1 heterocycles. The molecule has 0 unspecified atom stereocenters. The van der Waals surface area contributed by atoms with Crippen molar-refractivity contribution in [2.45, 2.75) is 0 Å². The first kappa shape index (κ1) is 14.0. The van der Waals surface area contributed by atoms with Crippen LogP contribution in [0.3, 0.4) is 0 Å². The Morgan fingerprint density at radius 3 is 2.53 bits per heavy atom. The van der Waals surface area contributed by atoms with Gasteiger partial charge in [-0.1, -0.05) is 23.2 Å². The minimum Gasteiger partial charge on any atom is -0.306 e. The van der Waals surface area contributed by atoms with Crippen LogP contribution in [0.25, 0.3) is 0 Å². The molecule has 2 rings (SSSR count). The van der Waals surface area contributed by atoms with Crippen molar-refractivity contribution in [2.75, 3.05) is 10.6 Å². The largest absolute Gasteiger partial charge is 0.326 e. The Balaban J connectivity index is 2.05. The van der Waals surface area contributed by atoms with Gasteiger partial charge in [-0.25, -0.2) is 14.8 Å². The van der Waals surface area contributed by atoms with Gasteiger partial charge in [0, 0.05) is 17.4 Å². The zero-order chi connectivity index (χ0) is 13.8. The van der Waals surface area contributed by atoms with Gasteiger partial charge >= 0.3 is 6.03 Å². The number of nitrogens with one attached hydrogen (secondary N) is 2. The Hall–Kier alpha value is -1.37. The summed E-state index contributed by atoms with van der Waals surface area (Å²) in [5.41, 5.74) is 0.406. The number of carbonyl (C=O) groups is 1. The summed E-state index contributed by atoms with van der Waals surface area (Å²) in [5.74, 6) is 0.179. The highest BCUT2D eigenvalue weighted by atomic mass is 79.9. The molecular weight excluding hydrogens is 355 g/mol. The Morgan fingerprint density at radius 2 is 1.84 bits per heavy atom. The van der Waals surface area contributed by atoms with Crippen LogP contribution < -0.4 is 10.6 Å². The van der Waals surface area contributed by atoms with Crippen LogP contribution in [0.15, 0.2) is 35.1 Å². The van der Waals surface area contributed by atoms with Crippen molar-refractivity contribution in [1.82, 2.24) is 9.97 Å². The van der Waals surface area contributed by atoms with Crippen LogP contribution in [0, 0.1) is 0 Å². The maximum Gasteiger partial charge on any atom is 0.326 e. The SMILES string of the molecule is O=C(Nc1ncc(Br)cn1)Nc1cc(Cl)ccc1Cl. The van der Waals surface area contributed by atoms with Crippen LogP contribution >= 0.6 is 39.1 Å². The number of aromatic nitrogens is 2. The van der Waals surface area contributed by atoms with Gasteiger partial charge < -0.3 is 5.32 Å². The van der Waals surface area contributed by atoms with Gasteiger partial charge in [0.1, 0.15) is 0 Å². The van der Waals surface area contributed by atoms with Gasteiger partial charge in [-0.05, 0) is 34.1 Å². The number of halogens is 3. The van der Waals surface area contributed by atoms with Crippen LogP contribution in [-0.4, -0.2) is 16.0 Å². The van der Waals surface area contributed by atoms with Gasteiger partial charge in [0.15, 0.2) is 0 Å². The average molecular weight is 362 g/mol. The molecule has 0 saturated heterocycles. The molecule has 1 aromatic carbocycles. The molecule has 0 bridgehead atoms. The molecule has 0 aliphatic heterocycles. The van der Waals surface area contributed by atoms with Crippen molar-refractivity contribution in [3.05, 3.63) is 45.1 Å². The lowest BCUT2D eigenvalue weighted by atomic mass is 10.3. The predicted molar refractivity (Wildman–Crippen MR) is 78.8 cm³/mol. The first-order chi connectivity index (χ1) is 9.04. The van der Waals surface area contributed by atoms with Gasteiger partial charge in [0.25, 0.3) is 0 Å². The first-order valence-electron chi connectivity index (χ1n) is 5.05. The van der Waals surface area contributed by atoms with E-state index in [1.165, 1.54) is 12.4 Å². The van der Waals surface area contributed by atoms with E-state index in [2.05, 4.69) is 36.5 Å². The van der Waals surface area contributed by atoms with Gasteiger partial charge in [0.05, 0.1) is 15.2 Å². The summed E-state index contributed by atoms with van der Waals surface area (Å²) < 4.78 is 0.719. The van der Waals surface area contributed by atoms with Crippen molar-refractivity contribution < 1.29 is 4.79 Å². The molecule has 5 nitrogen and oxygen atoms in total. The maximum absolute atomic E-state index is 11.7. The van der Waals surface area contributed by atoms with Gasteiger partial charge in [-0.3, -0.25) is 5.32 Å². The molecule has 2 aromatic rings. The normalized spacial score (nSPS) is 10.1. The summed E-state index contributed by atoms with van der Waals surface area (Å²) >= 11 is 14.9. The molecule has 0 radical (unpaired) electrons. The Kier molecular flexibility index (Phi) is 4.57. The van der Waals surface area contributed by atoms with Crippen LogP contribution in [0.1, 0.15) is 0 Å². The van der Waals surface area contributed by atoms with E-state index in [1.54, 1.807) is 18.2 Å². The van der Waals surface area contributed by atoms with Crippen LogP contribution in [0.5, 0.6) is 0 Å². The van der Waals surface area contributed by atoms with Crippen LogP contribution in [-0.2, 0) is 0 Å². The maximum atomic E-state index is 11.7. The number of hydrogen-bond donors (Lipinski definition) is 2. The molecule has 0 aliphatic rings. The highest BCUT2D eigenvalue weighted by molar-refractivity contribution is 9.10. The number of amides is 2. The molecule has 0 fully saturated rings. The molecular formula is C11H7BrCl2N4O. The quantitative estimate of drug-likeness (QED) is 0.842. The Bertz CT molecular complexity index is 606. The highest BCUT2D eigenvalue weighted by Gasteiger charge is 2.07. The highest BCUT2D eigenvalue weighted by Crippen LogP contribution is 2.25. The third-order valence-corrected chi connectivity index (χ3v) is 3.00. The molecule has 98 valence electrons. The zero-order valence-corrected chi connectivity index (χ0v) is 12.4. The second kappa shape index (κ2) is 6.18. The van der Waals surface area contributed by atoms with Crippen molar-refractivity contribution in [2.24, 2.45) is 0 Å². The minimum absolute atomic E-state index is 0.179. The van der Waals surface area contributed by atoms with Crippen molar-refractivity contribution in [3.8, 4) is 0 Å². The number of anilines is 2. The molecule has 0 saturated carbocycles. The standard InChI is InChI=1S/C11H7BrCl2N4O/c12-6-4-15-10(16-5-6)18-11(19)17-9-3-7(13)1-2-8(9)14/h1-5H,(H2,15,16,17,18,19). The molecule has 0 aliphatic carbocycles. The smallest absolute Gasteiger partial charge is 0.306 e. The van der Waals surface area contributed by atoms with E-state index >= 15 is 0 Å². The van der Waals surface area contributed by atoms with E-state index in [9.17, 15) is 4.79 Å². The lowest BCUT2D eigenvalue weighted by Crippen LogP contribution is -2.21. The van der Waals surface area contributed by atoms with E-state index in [4.69, 9.17) is 23.2 Å². The van der Waals surface area contributed by atoms with Crippen LogP contribution in [0.4, 0.5) is 16.4 Å². The number of nitrogens with zero attached hydrogens (tertiary/aromatic N) is 2. The van der Waals surface area contributed by atoms with Crippen molar-refractivity contribution in [3.63, 3.8) is 0 Å². The number of hydrogen-bond acceptors (Lipinski definition) is 3. The van der Waals surface area contributed by atoms with E-state index in [-0.39, 0.29) is 5.95 Å². The Labute approximate surface area is 127 Å². The molecule has 1 aromatic heterocycles. The van der Waals surface area contributed by atoms with Crippen LogP contribution in [0.2, 0.25) is 10.0 Å². The Morgan fingerprint density at radius 1 is 1.16 bits per heavy atom. The van der Waals surface area contributed by atoms with Crippen molar-refractivity contribution >= 4 is 56.8 Å². The average Bonchev–Trinajstić information content (AvgIpc) is 2.37. The summed E-state index contributed by atoms with van der Waals surface area (Å²) in [6, 6.07) is 4.26. The van der Waals surface area contributed by atoms with Gasteiger partial charge in [-0.15, -0.1) is 0 Å². The van der Waals surface area contributed by atoms with Gasteiger partial charge in [-0.2, -0.15) is 0 Å². The van der Waals surface area contributed by atoms with E-state index in [0.717, 1.165) is 4.47 Å². The summed E-state index contributed by atoms with van der Waals surface area (Å²) in [6.07, 6.45) is 3.05.